The highest BCUT2D eigenvalue weighted by atomic mass is 79.9. The zero-order valence-electron chi connectivity index (χ0n) is 9.45. The number of piperazine rings is 1. The van der Waals surface area contributed by atoms with Gasteiger partial charge in [0.05, 0.1) is 6.04 Å². The fourth-order valence-corrected chi connectivity index (χ4v) is 3.60. The smallest absolute Gasteiger partial charge is 0.0545 e. The molecule has 90 valence electrons. The minimum Gasteiger partial charge on any atom is -0.322 e. The van der Waals surface area contributed by atoms with Crippen LogP contribution in [0.1, 0.15) is 17.8 Å². The highest BCUT2D eigenvalue weighted by Crippen LogP contribution is 2.27. The van der Waals surface area contributed by atoms with E-state index in [1.54, 1.807) is 11.3 Å². The third-order valence-electron chi connectivity index (χ3n) is 3.16. The second-order valence-corrected chi connectivity index (χ2v) is 6.08. The molecular weight excluding hydrogens is 286 g/mol. The highest BCUT2D eigenvalue weighted by Gasteiger charge is 2.23. The molecule has 0 aromatic carbocycles. The summed E-state index contributed by atoms with van der Waals surface area (Å²) >= 11 is 5.21. The molecule has 1 aliphatic rings. The van der Waals surface area contributed by atoms with Gasteiger partial charge in [0.25, 0.3) is 0 Å². The fourth-order valence-electron chi connectivity index (χ4n) is 2.06. The summed E-state index contributed by atoms with van der Waals surface area (Å²) in [5, 5.41) is 5.46. The normalized spacial score (nSPS) is 21.9. The van der Waals surface area contributed by atoms with Gasteiger partial charge in [-0.1, -0.05) is 0 Å². The second-order valence-electron chi connectivity index (χ2n) is 4.22. The van der Waals surface area contributed by atoms with Gasteiger partial charge in [-0.05, 0) is 28.9 Å². The number of nitrogens with one attached hydrogen (secondary N) is 1. The van der Waals surface area contributed by atoms with E-state index < -0.39 is 0 Å². The third-order valence-corrected chi connectivity index (χ3v) is 4.96. The average Bonchev–Trinajstić information content (AvgIpc) is 2.75. The van der Waals surface area contributed by atoms with E-state index in [4.69, 9.17) is 5.73 Å². The Balaban J connectivity index is 2.00. The summed E-state index contributed by atoms with van der Waals surface area (Å²) in [6, 6.07) is 2.66. The molecule has 1 aromatic rings. The Bertz CT molecular complexity index is 336. The molecule has 3 nitrogen and oxygen atoms in total. The Labute approximate surface area is 109 Å². The van der Waals surface area contributed by atoms with Crippen molar-refractivity contribution in [2.24, 2.45) is 5.73 Å². The van der Waals surface area contributed by atoms with Gasteiger partial charge in [-0.15, -0.1) is 11.3 Å². The summed E-state index contributed by atoms with van der Waals surface area (Å²) in [4.78, 5) is 3.73. The lowest BCUT2D eigenvalue weighted by Crippen LogP contribution is -2.50. The summed E-state index contributed by atoms with van der Waals surface area (Å²) < 4.78 is 1.13. The van der Waals surface area contributed by atoms with Gasteiger partial charge >= 0.3 is 0 Å². The fraction of sp³-hybridized carbons (Fsp3) is 0.636. The number of halogens is 1. The van der Waals surface area contributed by atoms with Crippen LogP contribution >= 0.6 is 27.3 Å². The van der Waals surface area contributed by atoms with Crippen LogP contribution in [0.25, 0.3) is 0 Å². The van der Waals surface area contributed by atoms with Crippen molar-refractivity contribution in [1.29, 1.82) is 0 Å². The van der Waals surface area contributed by atoms with Gasteiger partial charge < -0.3 is 11.1 Å². The molecule has 0 saturated carbocycles. The van der Waals surface area contributed by atoms with Crippen molar-refractivity contribution in [2.75, 3.05) is 26.2 Å². The van der Waals surface area contributed by atoms with E-state index in [0.29, 0.717) is 6.04 Å². The number of hydrogen-bond acceptors (Lipinski definition) is 4. The SMILES string of the molecule is CC(C(N)c1cc(Br)cs1)N1CCNCC1. The van der Waals surface area contributed by atoms with E-state index in [1.807, 2.05) is 0 Å². The number of nitrogens with zero attached hydrogens (tertiary/aromatic N) is 1. The molecule has 3 N–H and O–H groups in total. The molecule has 1 aromatic heterocycles. The predicted octanol–water partition coefficient (Wildman–Crippen LogP) is 1.80. The molecule has 1 fully saturated rings. The Morgan fingerprint density at radius 3 is 2.75 bits per heavy atom. The highest BCUT2D eigenvalue weighted by molar-refractivity contribution is 9.10. The van der Waals surface area contributed by atoms with Crippen LogP contribution in [0.2, 0.25) is 0 Å². The van der Waals surface area contributed by atoms with Gasteiger partial charge in [-0.25, -0.2) is 0 Å². The molecule has 2 atom stereocenters. The van der Waals surface area contributed by atoms with Gasteiger partial charge in [0, 0.05) is 47.0 Å². The van der Waals surface area contributed by atoms with Crippen molar-refractivity contribution >= 4 is 27.3 Å². The number of thiophene rings is 1. The quantitative estimate of drug-likeness (QED) is 0.895. The molecule has 2 unspecified atom stereocenters. The number of rotatable bonds is 3. The van der Waals surface area contributed by atoms with Crippen LogP contribution in [0.4, 0.5) is 0 Å². The predicted molar refractivity (Wildman–Crippen MR) is 72.9 cm³/mol. The van der Waals surface area contributed by atoms with Gasteiger partial charge in [0.15, 0.2) is 0 Å². The monoisotopic (exact) mass is 303 g/mol. The first-order valence-corrected chi connectivity index (χ1v) is 7.30. The molecule has 1 aliphatic heterocycles. The molecule has 2 rings (SSSR count). The van der Waals surface area contributed by atoms with Crippen molar-refractivity contribution in [2.45, 2.75) is 19.0 Å². The van der Waals surface area contributed by atoms with Crippen LogP contribution in [0.15, 0.2) is 15.9 Å². The molecular formula is C11H18BrN3S. The largest absolute Gasteiger partial charge is 0.322 e. The Kier molecular flexibility index (Phi) is 4.38. The lowest BCUT2D eigenvalue weighted by Gasteiger charge is -2.35. The topological polar surface area (TPSA) is 41.3 Å². The average molecular weight is 304 g/mol. The van der Waals surface area contributed by atoms with Crippen molar-refractivity contribution in [3.8, 4) is 0 Å². The first-order chi connectivity index (χ1) is 7.68. The number of hydrogen-bond donors (Lipinski definition) is 2. The van der Waals surface area contributed by atoms with E-state index in [0.717, 1.165) is 30.7 Å². The summed E-state index contributed by atoms with van der Waals surface area (Å²) in [6.45, 7) is 6.57. The molecule has 0 spiro atoms. The van der Waals surface area contributed by atoms with Gasteiger partial charge in [0.1, 0.15) is 0 Å². The first-order valence-electron chi connectivity index (χ1n) is 5.63. The van der Waals surface area contributed by atoms with Crippen LogP contribution in [-0.4, -0.2) is 37.1 Å². The molecule has 0 aliphatic carbocycles. The molecule has 2 heterocycles. The lowest BCUT2D eigenvalue weighted by atomic mass is 10.1. The maximum absolute atomic E-state index is 6.31. The standard InChI is InChI=1S/C11H18BrN3S/c1-8(15-4-2-14-3-5-15)11(13)10-6-9(12)7-16-10/h6-8,11,14H,2-5,13H2,1H3. The maximum Gasteiger partial charge on any atom is 0.0545 e. The summed E-state index contributed by atoms with van der Waals surface area (Å²) in [7, 11) is 0. The maximum atomic E-state index is 6.31. The minimum atomic E-state index is 0.120. The summed E-state index contributed by atoms with van der Waals surface area (Å²) in [5.74, 6) is 0. The van der Waals surface area contributed by atoms with Crippen LogP contribution in [0, 0.1) is 0 Å². The molecule has 16 heavy (non-hydrogen) atoms. The van der Waals surface area contributed by atoms with Crippen LogP contribution in [-0.2, 0) is 0 Å². The van der Waals surface area contributed by atoms with E-state index >= 15 is 0 Å². The second kappa shape index (κ2) is 5.60. The van der Waals surface area contributed by atoms with E-state index in [2.05, 4.69) is 44.5 Å². The van der Waals surface area contributed by atoms with Gasteiger partial charge in [-0.2, -0.15) is 0 Å². The third kappa shape index (κ3) is 2.84. The van der Waals surface area contributed by atoms with Crippen LogP contribution in [0.3, 0.4) is 0 Å². The zero-order chi connectivity index (χ0) is 11.5. The van der Waals surface area contributed by atoms with Crippen LogP contribution in [0.5, 0.6) is 0 Å². The van der Waals surface area contributed by atoms with E-state index in [9.17, 15) is 0 Å². The molecule has 0 radical (unpaired) electrons. The van der Waals surface area contributed by atoms with Crippen molar-refractivity contribution in [3.05, 3.63) is 20.8 Å². The number of nitrogens with two attached hydrogens (primary N) is 1. The van der Waals surface area contributed by atoms with Crippen molar-refractivity contribution in [1.82, 2.24) is 10.2 Å². The summed E-state index contributed by atoms with van der Waals surface area (Å²) in [5.41, 5.74) is 6.31. The summed E-state index contributed by atoms with van der Waals surface area (Å²) in [6.07, 6.45) is 0. The van der Waals surface area contributed by atoms with Crippen molar-refractivity contribution < 1.29 is 0 Å². The lowest BCUT2D eigenvalue weighted by molar-refractivity contribution is 0.164. The molecule has 5 heteroatoms. The molecule has 1 saturated heterocycles. The Morgan fingerprint density at radius 2 is 2.19 bits per heavy atom. The molecule has 0 bridgehead atoms. The molecule has 0 amide bonds. The van der Waals surface area contributed by atoms with Gasteiger partial charge in [-0.3, -0.25) is 4.90 Å². The first kappa shape index (κ1) is 12.5. The van der Waals surface area contributed by atoms with Crippen LogP contribution < -0.4 is 11.1 Å². The zero-order valence-corrected chi connectivity index (χ0v) is 11.9. The van der Waals surface area contributed by atoms with Gasteiger partial charge in [0.2, 0.25) is 0 Å². The van der Waals surface area contributed by atoms with E-state index in [1.165, 1.54) is 4.88 Å². The Hall–Kier alpha value is 0.0600. The van der Waals surface area contributed by atoms with Crippen molar-refractivity contribution in [3.63, 3.8) is 0 Å². The minimum absolute atomic E-state index is 0.120. The Morgan fingerprint density at radius 1 is 1.50 bits per heavy atom. The van der Waals surface area contributed by atoms with E-state index in [-0.39, 0.29) is 6.04 Å².